The zero-order chi connectivity index (χ0) is 14.7. The van der Waals surface area contributed by atoms with Gasteiger partial charge >= 0.3 is 0 Å². The molecule has 1 aliphatic rings. The summed E-state index contributed by atoms with van der Waals surface area (Å²) in [5.74, 6) is 1.13. The molecule has 1 heterocycles. The van der Waals surface area contributed by atoms with Crippen molar-refractivity contribution in [2.45, 2.75) is 51.6 Å². The van der Waals surface area contributed by atoms with Crippen molar-refractivity contribution in [2.24, 2.45) is 5.73 Å². The topological polar surface area (TPSA) is 42.2 Å². The van der Waals surface area contributed by atoms with E-state index in [4.69, 9.17) is 10.7 Å². The van der Waals surface area contributed by atoms with E-state index in [2.05, 4.69) is 42.2 Å². The zero-order valence-electron chi connectivity index (χ0n) is 12.9. The smallest absolute Gasteiger partial charge is 0.137 e. The van der Waals surface area contributed by atoms with Gasteiger partial charge in [0.1, 0.15) is 5.82 Å². The van der Waals surface area contributed by atoms with Crippen LogP contribution >= 0.6 is 0 Å². The van der Waals surface area contributed by atoms with Crippen molar-refractivity contribution in [1.29, 1.82) is 0 Å². The first kappa shape index (κ1) is 14.3. The number of benzene rings is 1. The molecule has 0 unspecified atom stereocenters. The van der Waals surface area contributed by atoms with Gasteiger partial charge in [0.2, 0.25) is 0 Å². The lowest BCUT2D eigenvalue weighted by Crippen LogP contribution is -2.37. The molecule has 0 amide bonds. The van der Waals surface area contributed by atoms with E-state index in [1.165, 1.54) is 42.9 Å². The third-order valence-electron chi connectivity index (χ3n) is 4.61. The first-order valence-corrected chi connectivity index (χ1v) is 8.19. The Morgan fingerprint density at radius 3 is 2.67 bits per heavy atom. The van der Waals surface area contributed by atoms with Gasteiger partial charge in [-0.1, -0.05) is 43.5 Å². The van der Waals surface area contributed by atoms with E-state index >= 15 is 0 Å². The fraction of sp³-hybridized carbons (Fsp3) is 0.500. The molecule has 0 aliphatic heterocycles. The number of nitrogens with two attached hydrogens (primary N) is 1. The lowest BCUT2D eigenvalue weighted by molar-refractivity contribution is 0.417. The number of nitrogens with zero attached hydrogens (tertiary/aromatic N) is 2. The first-order valence-electron chi connectivity index (χ1n) is 8.19. The van der Waals surface area contributed by atoms with Crippen LogP contribution in [0.2, 0.25) is 0 Å². The van der Waals surface area contributed by atoms with Gasteiger partial charge in [0, 0.05) is 24.5 Å². The number of hydrogen-bond acceptors (Lipinski definition) is 3. The second-order valence-electron chi connectivity index (χ2n) is 5.94. The van der Waals surface area contributed by atoms with E-state index in [0.717, 1.165) is 18.1 Å². The van der Waals surface area contributed by atoms with Crippen LogP contribution in [0.3, 0.4) is 0 Å². The molecule has 3 heteroatoms. The van der Waals surface area contributed by atoms with Crippen LogP contribution in [0, 0.1) is 0 Å². The average molecular weight is 283 g/mol. The highest BCUT2D eigenvalue weighted by molar-refractivity contribution is 5.92. The second kappa shape index (κ2) is 6.44. The maximum Gasteiger partial charge on any atom is 0.137 e. The average Bonchev–Trinajstić information content (AvgIpc) is 2.56. The fourth-order valence-electron chi connectivity index (χ4n) is 3.53. The molecule has 3 rings (SSSR count). The summed E-state index contributed by atoms with van der Waals surface area (Å²) in [7, 11) is 0. The van der Waals surface area contributed by atoms with Gasteiger partial charge in [-0.25, -0.2) is 4.98 Å². The van der Waals surface area contributed by atoms with Gasteiger partial charge in [-0.15, -0.1) is 0 Å². The lowest BCUT2D eigenvalue weighted by atomic mass is 9.94. The van der Waals surface area contributed by atoms with Crippen LogP contribution in [-0.2, 0) is 6.54 Å². The summed E-state index contributed by atoms with van der Waals surface area (Å²) in [4.78, 5) is 7.37. The molecule has 2 N–H and O–H groups in total. The van der Waals surface area contributed by atoms with Crippen LogP contribution in [0.4, 0.5) is 5.82 Å². The third-order valence-corrected chi connectivity index (χ3v) is 4.61. The maximum absolute atomic E-state index is 5.85. The minimum atomic E-state index is 0.500. The summed E-state index contributed by atoms with van der Waals surface area (Å²) < 4.78 is 0. The first-order chi connectivity index (χ1) is 10.3. The lowest BCUT2D eigenvalue weighted by Gasteiger charge is -2.35. The fourth-order valence-corrected chi connectivity index (χ4v) is 3.53. The van der Waals surface area contributed by atoms with Gasteiger partial charge in [0.25, 0.3) is 0 Å². The van der Waals surface area contributed by atoms with Crippen molar-refractivity contribution < 1.29 is 0 Å². The van der Waals surface area contributed by atoms with Crippen LogP contribution in [0.1, 0.15) is 44.7 Å². The summed E-state index contributed by atoms with van der Waals surface area (Å²) in [5, 5.41) is 2.50. The van der Waals surface area contributed by atoms with Gasteiger partial charge < -0.3 is 10.6 Å². The minimum absolute atomic E-state index is 0.500. The largest absolute Gasteiger partial charge is 0.353 e. The maximum atomic E-state index is 5.85. The number of fused-ring (bicyclic) bond motifs is 1. The molecule has 1 fully saturated rings. The Morgan fingerprint density at radius 1 is 1.19 bits per heavy atom. The summed E-state index contributed by atoms with van der Waals surface area (Å²) in [6, 6.07) is 11.3. The highest BCUT2D eigenvalue weighted by Crippen LogP contribution is 2.31. The van der Waals surface area contributed by atoms with Gasteiger partial charge in [0.15, 0.2) is 0 Å². The second-order valence-corrected chi connectivity index (χ2v) is 5.94. The number of pyridine rings is 1. The van der Waals surface area contributed by atoms with E-state index in [-0.39, 0.29) is 0 Å². The molecule has 0 saturated heterocycles. The van der Waals surface area contributed by atoms with Crippen LogP contribution in [0.5, 0.6) is 0 Å². The predicted molar refractivity (Wildman–Crippen MR) is 89.5 cm³/mol. The Bertz CT molecular complexity index is 602. The number of hydrogen-bond donors (Lipinski definition) is 1. The minimum Gasteiger partial charge on any atom is -0.353 e. The quantitative estimate of drug-likeness (QED) is 0.926. The number of rotatable bonds is 4. The molecule has 1 saturated carbocycles. The Labute approximate surface area is 127 Å². The third kappa shape index (κ3) is 2.88. The molecule has 0 radical (unpaired) electrons. The Balaban J connectivity index is 2.07. The van der Waals surface area contributed by atoms with Crippen LogP contribution in [0.15, 0.2) is 30.3 Å². The Hall–Kier alpha value is -1.61. The molecule has 3 nitrogen and oxygen atoms in total. The zero-order valence-corrected chi connectivity index (χ0v) is 12.9. The van der Waals surface area contributed by atoms with Gasteiger partial charge in [0.05, 0.1) is 5.69 Å². The van der Waals surface area contributed by atoms with E-state index in [9.17, 15) is 0 Å². The SMILES string of the molecule is CCN(c1nc(CN)cc2ccccc12)C1CCCCC1. The van der Waals surface area contributed by atoms with Gasteiger partial charge in [-0.05, 0) is 31.2 Å². The molecule has 112 valence electrons. The monoisotopic (exact) mass is 283 g/mol. The molecular formula is C18H25N3. The summed E-state index contributed by atoms with van der Waals surface area (Å²) in [6.07, 6.45) is 6.64. The van der Waals surface area contributed by atoms with Crippen molar-refractivity contribution in [2.75, 3.05) is 11.4 Å². The van der Waals surface area contributed by atoms with E-state index in [1.807, 2.05) is 0 Å². The van der Waals surface area contributed by atoms with Crippen LogP contribution < -0.4 is 10.6 Å². The Kier molecular flexibility index (Phi) is 4.39. The van der Waals surface area contributed by atoms with E-state index < -0.39 is 0 Å². The molecule has 0 bridgehead atoms. The van der Waals surface area contributed by atoms with Crippen LogP contribution in [0.25, 0.3) is 10.8 Å². The van der Waals surface area contributed by atoms with E-state index in [1.54, 1.807) is 0 Å². The molecule has 1 aliphatic carbocycles. The van der Waals surface area contributed by atoms with Crippen molar-refractivity contribution in [1.82, 2.24) is 4.98 Å². The highest BCUT2D eigenvalue weighted by atomic mass is 15.2. The summed E-state index contributed by atoms with van der Waals surface area (Å²) >= 11 is 0. The van der Waals surface area contributed by atoms with Gasteiger partial charge in [-0.3, -0.25) is 0 Å². The van der Waals surface area contributed by atoms with Crippen molar-refractivity contribution in [3.63, 3.8) is 0 Å². The summed E-state index contributed by atoms with van der Waals surface area (Å²) in [6.45, 7) is 3.75. The molecule has 0 spiro atoms. The standard InChI is InChI=1S/C18H25N3/c1-2-21(16-9-4-3-5-10-16)18-17-11-7-6-8-14(17)12-15(13-19)20-18/h6-8,11-12,16H,2-5,9-10,13,19H2,1H3. The molecule has 21 heavy (non-hydrogen) atoms. The number of aromatic nitrogens is 1. The van der Waals surface area contributed by atoms with Crippen molar-refractivity contribution in [3.8, 4) is 0 Å². The molecule has 0 atom stereocenters. The summed E-state index contributed by atoms with van der Waals surface area (Å²) in [5.41, 5.74) is 6.83. The Morgan fingerprint density at radius 2 is 1.95 bits per heavy atom. The highest BCUT2D eigenvalue weighted by Gasteiger charge is 2.22. The molecule has 2 aromatic rings. The van der Waals surface area contributed by atoms with E-state index in [0.29, 0.717) is 12.6 Å². The van der Waals surface area contributed by atoms with Crippen molar-refractivity contribution in [3.05, 3.63) is 36.0 Å². The van der Waals surface area contributed by atoms with Crippen molar-refractivity contribution >= 4 is 16.6 Å². The predicted octanol–water partition coefficient (Wildman–Crippen LogP) is 3.85. The van der Waals surface area contributed by atoms with Crippen LogP contribution in [-0.4, -0.2) is 17.6 Å². The molecule has 1 aromatic carbocycles. The van der Waals surface area contributed by atoms with Gasteiger partial charge in [-0.2, -0.15) is 0 Å². The molecular weight excluding hydrogens is 258 g/mol. The number of anilines is 1. The normalized spacial score (nSPS) is 16.3. The molecule has 1 aromatic heterocycles.